The van der Waals surface area contributed by atoms with Crippen LogP contribution in [0.2, 0.25) is 0 Å². The van der Waals surface area contributed by atoms with Crippen molar-refractivity contribution in [3.63, 3.8) is 0 Å². The van der Waals surface area contributed by atoms with Gasteiger partial charge in [0.2, 0.25) is 0 Å². The first-order valence-electron chi connectivity index (χ1n) is 5.54. The molecule has 0 saturated heterocycles. The number of hydrogen-bond donors (Lipinski definition) is 1. The second-order valence-electron chi connectivity index (χ2n) is 4.84. The van der Waals surface area contributed by atoms with E-state index in [0.29, 0.717) is 5.57 Å². The van der Waals surface area contributed by atoms with Gasteiger partial charge in [-0.25, -0.2) is 4.79 Å². The molecule has 0 aliphatic heterocycles. The lowest BCUT2D eigenvalue weighted by Crippen LogP contribution is -2.40. The Hall–Kier alpha value is -1.16. The number of carbonyl (C=O) groups excluding carboxylic acids is 2. The van der Waals surface area contributed by atoms with Crippen LogP contribution >= 0.6 is 0 Å². The summed E-state index contributed by atoms with van der Waals surface area (Å²) >= 11 is 0. The summed E-state index contributed by atoms with van der Waals surface area (Å²) in [6.45, 7) is 5.08. The zero-order valence-corrected chi connectivity index (χ0v) is 9.26. The number of hydrogen-bond acceptors (Lipinski definition) is 4. The van der Waals surface area contributed by atoms with Gasteiger partial charge in [0.15, 0.2) is 0 Å². The summed E-state index contributed by atoms with van der Waals surface area (Å²) in [5.41, 5.74) is 0.335. The smallest absolute Gasteiger partial charge is 0.333 e. The predicted molar refractivity (Wildman–Crippen MR) is 56.5 cm³/mol. The Bertz CT molecular complexity index is 334. The molecule has 4 heteroatoms. The van der Waals surface area contributed by atoms with Crippen molar-refractivity contribution in [1.29, 1.82) is 0 Å². The second-order valence-corrected chi connectivity index (χ2v) is 4.84. The van der Waals surface area contributed by atoms with Gasteiger partial charge in [0, 0.05) is 11.5 Å². The number of rotatable bonds is 3. The Morgan fingerprint density at radius 2 is 2.19 bits per heavy atom. The highest BCUT2D eigenvalue weighted by atomic mass is 16.6. The fourth-order valence-electron chi connectivity index (χ4n) is 2.88. The minimum absolute atomic E-state index is 0.0366. The highest BCUT2D eigenvalue weighted by Gasteiger charge is 2.53. The quantitative estimate of drug-likeness (QED) is 0.435. The molecular formula is C12H16O4. The molecule has 2 aliphatic rings. The van der Waals surface area contributed by atoms with Crippen LogP contribution in [0.5, 0.6) is 0 Å². The van der Waals surface area contributed by atoms with Crippen LogP contribution in [-0.2, 0) is 14.3 Å². The SMILES string of the molecule is C=C(C)C(=O)OC1C2CC(C=O)C(C2)C1O. The highest BCUT2D eigenvalue weighted by molar-refractivity contribution is 5.87. The number of carbonyl (C=O) groups is 2. The van der Waals surface area contributed by atoms with Crippen LogP contribution < -0.4 is 0 Å². The van der Waals surface area contributed by atoms with E-state index in [0.717, 1.165) is 19.1 Å². The van der Waals surface area contributed by atoms with Crippen molar-refractivity contribution in [3.8, 4) is 0 Å². The molecule has 2 rings (SSSR count). The van der Waals surface area contributed by atoms with Crippen molar-refractivity contribution in [3.05, 3.63) is 12.2 Å². The van der Waals surface area contributed by atoms with Crippen LogP contribution in [0, 0.1) is 17.8 Å². The average molecular weight is 224 g/mol. The largest absolute Gasteiger partial charge is 0.456 e. The molecule has 0 heterocycles. The van der Waals surface area contributed by atoms with Crippen LogP contribution in [0.15, 0.2) is 12.2 Å². The summed E-state index contributed by atoms with van der Waals surface area (Å²) in [4.78, 5) is 22.1. The van der Waals surface area contributed by atoms with Crippen LogP contribution in [0.3, 0.4) is 0 Å². The topological polar surface area (TPSA) is 63.6 Å². The first-order valence-corrected chi connectivity index (χ1v) is 5.54. The van der Waals surface area contributed by atoms with Gasteiger partial charge in [-0.05, 0) is 31.6 Å². The third-order valence-electron chi connectivity index (χ3n) is 3.71. The monoisotopic (exact) mass is 224 g/mol. The first-order chi connectivity index (χ1) is 7.54. The Balaban J connectivity index is 2.03. The van der Waals surface area contributed by atoms with Gasteiger partial charge in [0.05, 0.1) is 6.10 Å². The van der Waals surface area contributed by atoms with E-state index in [1.807, 2.05) is 0 Å². The summed E-state index contributed by atoms with van der Waals surface area (Å²) < 4.78 is 5.21. The number of aldehydes is 1. The highest BCUT2D eigenvalue weighted by Crippen LogP contribution is 2.49. The van der Waals surface area contributed by atoms with Gasteiger partial charge in [-0.2, -0.15) is 0 Å². The summed E-state index contributed by atoms with van der Waals surface area (Å²) in [5, 5.41) is 9.95. The molecule has 1 N–H and O–H groups in total. The molecule has 88 valence electrons. The van der Waals surface area contributed by atoms with Gasteiger partial charge < -0.3 is 14.6 Å². The fraction of sp³-hybridized carbons (Fsp3) is 0.667. The Morgan fingerprint density at radius 3 is 2.69 bits per heavy atom. The third-order valence-corrected chi connectivity index (χ3v) is 3.71. The van der Waals surface area contributed by atoms with Gasteiger partial charge in [-0.3, -0.25) is 0 Å². The summed E-state index contributed by atoms with van der Waals surface area (Å²) in [6.07, 6.45) is 1.26. The van der Waals surface area contributed by atoms with Crippen molar-refractivity contribution in [2.45, 2.75) is 32.0 Å². The van der Waals surface area contributed by atoms with E-state index in [4.69, 9.17) is 4.74 Å². The lowest BCUT2D eigenvalue weighted by Gasteiger charge is -2.29. The summed E-state index contributed by atoms with van der Waals surface area (Å²) in [7, 11) is 0. The second kappa shape index (κ2) is 4.01. The van der Waals surface area contributed by atoms with E-state index in [2.05, 4.69) is 6.58 Å². The molecule has 0 aromatic heterocycles. The standard InChI is InChI=1S/C12H16O4/c1-6(2)12(15)16-11-7-3-8(5-13)9(4-7)10(11)14/h5,7-11,14H,1,3-4H2,2H3. The van der Waals surface area contributed by atoms with Crippen molar-refractivity contribution < 1.29 is 19.4 Å². The van der Waals surface area contributed by atoms with E-state index in [9.17, 15) is 14.7 Å². The normalized spacial score (nSPS) is 40.8. The maximum atomic E-state index is 11.4. The molecule has 0 radical (unpaired) electrons. The number of aliphatic hydroxyl groups is 1. The fourth-order valence-corrected chi connectivity index (χ4v) is 2.88. The van der Waals surface area contributed by atoms with Gasteiger partial charge >= 0.3 is 5.97 Å². The first kappa shape index (κ1) is 11.3. The van der Waals surface area contributed by atoms with Crippen LogP contribution in [0.25, 0.3) is 0 Å². The molecule has 16 heavy (non-hydrogen) atoms. The number of esters is 1. The lowest BCUT2D eigenvalue weighted by molar-refractivity contribution is -0.155. The molecule has 2 saturated carbocycles. The molecule has 5 unspecified atom stereocenters. The van der Waals surface area contributed by atoms with Gasteiger partial charge in [-0.1, -0.05) is 6.58 Å². The molecule has 0 aromatic carbocycles. The molecule has 2 aliphatic carbocycles. The van der Waals surface area contributed by atoms with Gasteiger partial charge in [-0.15, -0.1) is 0 Å². The average Bonchev–Trinajstić information content (AvgIpc) is 2.78. The van der Waals surface area contributed by atoms with E-state index < -0.39 is 18.2 Å². The molecule has 0 spiro atoms. The zero-order valence-electron chi connectivity index (χ0n) is 9.26. The van der Waals surface area contributed by atoms with E-state index >= 15 is 0 Å². The van der Waals surface area contributed by atoms with E-state index in [1.54, 1.807) is 6.92 Å². The number of fused-ring (bicyclic) bond motifs is 2. The Kier molecular flexibility index (Phi) is 2.84. The molecule has 2 fully saturated rings. The summed E-state index contributed by atoms with van der Waals surface area (Å²) in [5.74, 6) is -0.442. The van der Waals surface area contributed by atoms with E-state index in [-0.39, 0.29) is 17.8 Å². The number of aliphatic hydroxyl groups excluding tert-OH is 1. The molecule has 0 aromatic rings. The van der Waals surface area contributed by atoms with Gasteiger partial charge in [0.25, 0.3) is 0 Å². The van der Waals surface area contributed by atoms with Crippen molar-refractivity contribution in [1.82, 2.24) is 0 Å². The van der Waals surface area contributed by atoms with Crippen molar-refractivity contribution in [2.75, 3.05) is 0 Å². The van der Waals surface area contributed by atoms with Crippen LogP contribution in [0.4, 0.5) is 0 Å². The molecular weight excluding hydrogens is 208 g/mol. The Morgan fingerprint density at radius 1 is 1.50 bits per heavy atom. The minimum Gasteiger partial charge on any atom is -0.456 e. The van der Waals surface area contributed by atoms with Crippen molar-refractivity contribution >= 4 is 12.3 Å². The zero-order chi connectivity index (χ0) is 11.9. The van der Waals surface area contributed by atoms with Gasteiger partial charge in [0.1, 0.15) is 12.4 Å². The number of ether oxygens (including phenoxy) is 1. The minimum atomic E-state index is -0.697. The third kappa shape index (κ3) is 1.67. The van der Waals surface area contributed by atoms with Crippen LogP contribution in [0.1, 0.15) is 19.8 Å². The molecule has 5 atom stereocenters. The maximum absolute atomic E-state index is 11.4. The lowest BCUT2D eigenvalue weighted by atomic mass is 9.86. The molecule has 2 bridgehead atoms. The molecule has 0 amide bonds. The maximum Gasteiger partial charge on any atom is 0.333 e. The molecule has 4 nitrogen and oxygen atoms in total. The van der Waals surface area contributed by atoms with E-state index in [1.165, 1.54) is 0 Å². The summed E-state index contributed by atoms with van der Waals surface area (Å²) in [6, 6.07) is 0. The Labute approximate surface area is 94.3 Å². The predicted octanol–water partition coefficient (Wildman–Crippen LogP) is 0.690. The van der Waals surface area contributed by atoms with Crippen molar-refractivity contribution in [2.24, 2.45) is 17.8 Å². The van der Waals surface area contributed by atoms with Crippen LogP contribution in [-0.4, -0.2) is 29.6 Å².